The minimum Gasteiger partial charge on any atom is -0.465 e. The second-order valence-electron chi connectivity index (χ2n) is 9.26. The minimum absolute atomic E-state index is 0.0191. The van der Waals surface area contributed by atoms with Gasteiger partial charge in [0.05, 0.1) is 12.1 Å². The van der Waals surface area contributed by atoms with E-state index in [1.165, 1.54) is 0 Å². The third-order valence-corrected chi connectivity index (χ3v) is 7.35. The summed E-state index contributed by atoms with van der Waals surface area (Å²) in [6, 6.07) is 16.1. The van der Waals surface area contributed by atoms with Crippen molar-refractivity contribution in [2.45, 2.75) is 33.1 Å². The van der Waals surface area contributed by atoms with Crippen LogP contribution in [0, 0.1) is 17.8 Å². The van der Waals surface area contributed by atoms with E-state index in [0.717, 1.165) is 12.8 Å². The lowest BCUT2D eigenvalue weighted by Gasteiger charge is -2.39. The molecule has 36 heavy (non-hydrogen) atoms. The number of carbonyl (C=O) groups excluding carboxylic acids is 3. The summed E-state index contributed by atoms with van der Waals surface area (Å²) < 4.78 is 5.34. The number of hydrogen-bond acceptors (Lipinski definition) is 5. The van der Waals surface area contributed by atoms with Crippen molar-refractivity contribution in [1.82, 2.24) is 9.88 Å². The van der Waals surface area contributed by atoms with E-state index >= 15 is 0 Å². The molecule has 1 unspecified atom stereocenters. The van der Waals surface area contributed by atoms with Crippen molar-refractivity contribution in [3.63, 3.8) is 0 Å². The molecule has 0 bridgehead atoms. The van der Waals surface area contributed by atoms with Crippen molar-refractivity contribution in [2.75, 3.05) is 19.7 Å². The van der Waals surface area contributed by atoms with Gasteiger partial charge in [0.1, 0.15) is 5.92 Å². The van der Waals surface area contributed by atoms with Crippen LogP contribution in [-0.2, 0) is 9.53 Å². The van der Waals surface area contributed by atoms with Crippen molar-refractivity contribution >= 4 is 40.2 Å². The van der Waals surface area contributed by atoms with Crippen LogP contribution in [0.15, 0.2) is 60.8 Å². The monoisotopic (exact) mass is 506 g/mol. The number of piperidine rings is 1. The molecule has 2 aromatic carbocycles. The number of aromatic nitrogens is 1. The second kappa shape index (κ2) is 11.7. The van der Waals surface area contributed by atoms with E-state index in [0.29, 0.717) is 46.6 Å². The Morgan fingerprint density at radius 3 is 2.58 bits per heavy atom. The van der Waals surface area contributed by atoms with Crippen molar-refractivity contribution in [3.8, 4) is 0 Å². The summed E-state index contributed by atoms with van der Waals surface area (Å²) in [5.41, 5.74) is 1.74. The maximum absolute atomic E-state index is 13.8. The zero-order chi connectivity index (χ0) is 25.7. The van der Waals surface area contributed by atoms with Gasteiger partial charge in [-0.2, -0.15) is 0 Å². The highest BCUT2D eigenvalue weighted by Crippen LogP contribution is 2.34. The quantitative estimate of drug-likeness (QED) is 0.218. The third kappa shape index (κ3) is 5.59. The van der Waals surface area contributed by atoms with Gasteiger partial charge in [-0.25, -0.2) is 0 Å². The minimum atomic E-state index is -0.926. The zero-order valence-corrected chi connectivity index (χ0v) is 21.4. The van der Waals surface area contributed by atoms with Gasteiger partial charge in [0, 0.05) is 40.8 Å². The third-order valence-electron chi connectivity index (χ3n) is 7.12. The Morgan fingerprint density at radius 2 is 1.86 bits per heavy atom. The standard InChI is InChI=1S/C29H31ClN2O4/c1-3-19-18-32(28(34)20-8-6-5-7-9-20)15-13-21(19)16-25(29(35)36-4-2)27(33)23-12-14-31-26-11-10-22(30)17-24(23)26/h5-12,14,17,19,21,25H,3-4,13,15-16,18H2,1-2H3/t19-,21-,25?/m0/s1. The van der Waals surface area contributed by atoms with Crippen LogP contribution in [0.4, 0.5) is 0 Å². The van der Waals surface area contributed by atoms with Crippen LogP contribution in [0.25, 0.3) is 10.9 Å². The first-order valence-corrected chi connectivity index (χ1v) is 12.9. The molecule has 6 nitrogen and oxygen atoms in total. The Hall–Kier alpha value is -3.25. The molecule has 1 saturated heterocycles. The highest BCUT2D eigenvalue weighted by atomic mass is 35.5. The van der Waals surface area contributed by atoms with Crippen molar-refractivity contribution in [3.05, 3.63) is 76.9 Å². The topological polar surface area (TPSA) is 76.6 Å². The van der Waals surface area contributed by atoms with Crippen LogP contribution in [0.2, 0.25) is 5.02 Å². The molecule has 1 aromatic heterocycles. The fraction of sp³-hybridized carbons (Fsp3) is 0.379. The Labute approximate surface area is 216 Å². The number of rotatable bonds is 8. The van der Waals surface area contributed by atoms with Gasteiger partial charge in [-0.3, -0.25) is 19.4 Å². The van der Waals surface area contributed by atoms with Gasteiger partial charge in [-0.05, 0) is 68.0 Å². The number of carbonyl (C=O) groups is 3. The van der Waals surface area contributed by atoms with E-state index in [1.54, 1.807) is 37.4 Å². The van der Waals surface area contributed by atoms with Crippen molar-refractivity contribution < 1.29 is 19.1 Å². The zero-order valence-electron chi connectivity index (χ0n) is 20.7. The molecule has 2 heterocycles. The molecule has 0 radical (unpaired) electrons. The average molecular weight is 507 g/mol. The predicted molar refractivity (Wildman–Crippen MR) is 140 cm³/mol. The van der Waals surface area contributed by atoms with E-state index in [1.807, 2.05) is 35.2 Å². The van der Waals surface area contributed by atoms with E-state index in [2.05, 4.69) is 11.9 Å². The number of ketones is 1. The smallest absolute Gasteiger partial charge is 0.316 e. The first-order chi connectivity index (χ1) is 17.4. The SMILES string of the molecule is CCOC(=O)C(C[C@@H]1CCN(C(=O)c2ccccc2)C[C@@H]1CC)C(=O)c1ccnc2ccc(Cl)cc12. The number of likely N-dealkylation sites (tertiary alicyclic amines) is 1. The summed E-state index contributed by atoms with van der Waals surface area (Å²) in [7, 11) is 0. The maximum atomic E-state index is 13.8. The molecule has 1 fully saturated rings. The number of halogens is 1. The number of esters is 1. The number of ether oxygens (including phenoxy) is 1. The number of hydrogen-bond donors (Lipinski definition) is 0. The Bertz CT molecular complexity index is 1250. The number of Topliss-reactive ketones (excluding diaryl/α,β-unsaturated/α-hetero) is 1. The van der Waals surface area contributed by atoms with Gasteiger partial charge in [0.2, 0.25) is 0 Å². The molecular weight excluding hydrogens is 476 g/mol. The number of nitrogens with zero attached hydrogens (tertiary/aromatic N) is 2. The number of pyridine rings is 1. The Morgan fingerprint density at radius 1 is 1.08 bits per heavy atom. The Kier molecular flexibility index (Phi) is 8.36. The van der Waals surface area contributed by atoms with Gasteiger partial charge in [-0.1, -0.05) is 43.1 Å². The summed E-state index contributed by atoms with van der Waals surface area (Å²) in [5, 5.41) is 1.12. The molecular formula is C29H31ClN2O4. The van der Waals surface area contributed by atoms with Gasteiger partial charge in [-0.15, -0.1) is 0 Å². The lowest BCUT2D eigenvalue weighted by molar-refractivity contribution is -0.147. The maximum Gasteiger partial charge on any atom is 0.316 e. The molecule has 188 valence electrons. The summed E-state index contributed by atoms with van der Waals surface area (Å²) in [6.45, 7) is 5.23. The summed E-state index contributed by atoms with van der Waals surface area (Å²) in [6.07, 6.45) is 3.53. The molecule has 1 amide bonds. The first kappa shape index (κ1) is 25.8. The highest BCUT2D eigenvalue weighted by Gasteiger charge is 2.38. The fourth-order valence-electron chi connectivity index (χ4n) is 5.18. The molecule has 0 aliphatic carbocycles. The van der Waals surface area contributed by atoms with Gasteiger partial charge in [0.15, 0.2) is 5.78 Å². The summed E-state index contributed by atoms with van der Waals surface area (Å²) in [4.78, 5) is 46.0. The molecule has 7 heteroatoms. The van der Waals surface area contributed by atoms with Gasteiger partial charge in [0.25, 0.3) is 5.91 Å². The van der Waals surface area contributed by atoms with Gasteiger partial charge >= 0.3 is 5.97 Å². The molecule has 1 aliphatic rings. The molecule has 0 spiro atoms. The van der Waals surface area contributed by atoms with E-state index in [9.17, 15) is 14.4 Å². The first-order valence-electron chi connectivity index (χ1n) is 12.5. The lowest BCUT2D eigenvalue weighted by Crippen LogP contribution is -2.45. The largest absolute Gasteiger partial charge is 0.465 e. The summed E-state index contributed by atoms with van der Waals surface area (Å²) in [5.74, 6) is -1.40. The van der Waals surface area contributed by atoms with Crippen LogP contribution in [0.3, 0.4) is 0 Å². The molecule has 3 aromatic rings. The molecule has 3 atom stereocenters. The van der Waals surface area contributed by atoms with Crippen molar-refractivity contribution in [1.29, 1.82) is 0 Å². The summed E-state index contributed by atoms with van der Waals surface area (Å²) >= 11 is 6.20. The van der Waals surface area contributed by atoms with E-state index in [-0.39, 0.29) is 30.1 Å². The molecule has 0 saturated carbocycles. The number of fused-ring (bicyclic) bond motifs is 1. The van der Waals surface area contributed by atoms with Crippen molar-refractivity contribution in [2.24, 2.45) is 17.8 Å². The highest BCUT2D eigenvalue weighted by molar-refractivity contribution is 6.31. The normalized spacial score (nSPS) is 18.6. The average Bonchev–Trinajstić information content (AvgIpc) is 2.91. The van der Waals surface area contributed by atoms with Crippen LogP contribution >= 0.6 is 11.6 Å². The van der Waals surface area contributed by atoms with Gasteiger partial charge < -0.3 is 9.64 Å². The second-order valence-corrected chi connectivity index (χ2v) is 9.70. The van der Waals surface area contributed by atoms with Crippen LogP contribution < -0.4 is 0 Å². The Balaban J connectivity index is 1.57. The molecule has 4 rings (SSSR count). The van der Waals surface area contributed by atoms with Crippen LogP contribution in [0.1, 0.15) is 53.8 Å². The lowest BCUT2D eigenvalue weighted by atomic mass is 9.76. The number of amides is 1. The van der Waals surface area contributed by atoms with Crippen LogP contribution in [0.5, 0.6) is 0 Å². The predicted octanol–water partition coefficient (Wildman–Crippen LogP) is 5.83. The van der Waals surface area contributed by atoms with Crippen LogP contribution in [-0.4, -0.2) is 47.2 Å². The van der Waals surface area contributed by atoms with E-state index < -0.39 is 11.9 Å². The van der Waals surface area contributed by atoms with E-state index in [4.69, 9.17) is 16.3 Å². The molecule has 0 N–H and O–H groups in total. The number of benzene rings is 2. The molecule has 1 aliphatic heterocycles. The fourth-order valence-corrected chi connectivity index (χ4v) is 5.35.